The van der Waals surface area contributed by atoms with Gasteiger partial charge < -0.3 is 14.8 Å². The zero-order chi connectivity index (χ0) is 17.4. The number of hydrogen-bond acceptors (Lipinski definition) is 7. The Bertz CT molecular complexity index is 608. The summed E-state index contributed by atoms with van der Waals surface area (Å²) < 4.78 is 10.5. The molecule has 9 heteroatoms. The van der Waals surface area contributed by atoms with Crippen LogP contribution in [0.25, 0.3) is 0 Å². The fourth-order valence-electron chi connectivity index (χ4n) is 1.80. The molecule has 1 aliphatic rings. The summed E-state index contributed by atoms with van der Waals surface area (Å²) in [5.74, 6) is -0.271. The van der Waals surface area contributed by atoms with Crippen LogP contribution in [0.4, 0.5) is 0 Å². The topological polar surface area (TPSA) is 84.9 Å². The Morgan fingerprint density at radius 3 is 2.67 bits per heavy atom. The van der Waals surface area contributed by atoms with Crippen LogP contribution in [0.15, 0.2) is 30.3 Å². The van der Waals surface area contributed by atoms with Crippen molar-refractivity contribution in [3.8, 4) is 5.75 Å². The van der Waals surface area contributed by atoms with E-state index in [0.717, 1.165) is 0 Å². The zero-order valence-electron chi connectivity index (χ0n) is 12.7. The first-order valence-electron chi connectivity index (χ1n) is 7.13. The number of para-hydroxylation sites is 1. The van der Waals surface area contributed by atoms with Gasteiger partial charge in [0.2, 0.25) is 5.91 Å². The zero-order valence-corrected chi connectivity index (χ0v) is 14.4. The molecule has 0 aromatic heterocycles. The van der Waals surface area contributed by atoms with E-state index in [1.165, 1.54) is 16.7 Å². The van der Waals surface area contributed by atoms with Gasteiger partial charge in [-0.2, -0.15) is 0 Å². The first-order valence-corrected chi connectivity index (χ1v) is 8.53. The summed E-state index contributed by atoms with van der Waals surface area (Å²) in [6.07, 6.45) is 0. The molecule has 7 nitrogen and oxygen atoms in total. The molecule has 1 N–H and O–H groups in total. The number of carbonyl (C=O) groups excluding carboxylic acids is 3. The predicted molar refractivity (Wildman–Crippen MR) is 92.7 cm³/mol. The third-order valence-corrected chi connectivity index (χ3v) is 4.39. The van der Waals surface area contributed by atoms with Gasteiger partial charge in [-0.3, -0.25) is 14.5 Å². The molecule has 24 heavy (non-hydrogen) atoms. The number of benzene rings is 1. The van der Waals surface area contributed by atoms with Gasteiger partial charge in [-0.1, -0.05) is 42.2 Å². The third kappa shape index (κ3) is 5.82. The Labute approximate surface area is 148 Å². The van der Waals surface area contributed by atoms with Crippen molar-refractivity contribution in [1.82, 2.24) is 10.2 Å². The number of esters is 1. The highest BCUT2D eigenvalue weighted by molar-refractivity contribution is 8.23. The van der Waals surface area contributed by atoms with Crippen LogP contribution >= 0.6 is 24.0 Å². The monoisotopic (exact) mass is 368 g/mol. The average Bonchev–Trinajstić information content (AvgIpc) is 2.91. The van der Waals surface area contributed by atoms with Gasteiger partial charge in [-0.05, 0) is 12.1 Å². The molecule has 0 unspecified atom stereocenters. The van der Waals surface area contributed by atoms with Gasteiger partial charge >= 0.3 is 5.97 Å². The first kappa shape index (κ1) is 18.2. The highest BCUT2D eigenvalue weighted by Crippen LogP contribution is 2.18. The lowest BCUT2D eigenvalue weighted by Crippen LogP contribution is -2.38. The van der Waals surface area contributed by atoms with Gasteiger partial charge in [0, 0.05) is 13.1 Å². The maximum atomic E-state index is 11.6. The number of nitrogens with one attached hydrogen (secondary N) is 1. The molecule has 2 rings (SSSR count). The van der Waals surface area contributed by atoms with Crippen molar-refractivity contribution in [2.24, 2.45) is 0 Å². The van der Waals surface area contributed by atoms with Crippen molar-refractivity contribution in [2.75, 3.05) is 32.1 Å². The van der Waals surface area contributed by atoms with Crippen LogP contribution in [0, 0.1) is 0 Å². The Hall–Kier alpha value is -2.13. The quantitative estimate of drug-likeness (QED) is 0.531. The Kier molecular flexibility index (Phi) is 7.01. The van der Waals surface area contributed by atoms with Crippen molar-refractivity contribution in [1.29, 1.82) is 0 Å². The molecule has 0 saturated carbocycles. The summed E-state index contributed by atoms with van der Waals surface area (Å²) in [5.41, 5.74) is 0. The first-order chi connectivity index (χ1) is 11.6. The van der Waals surface area contributed by atoms with E-state index in [9.17, 15) is 14.4 Å². The fourth-order valence-corrected chi connectivity index (χ4v) is 2.92. The lowest BCUT2D eigenvalue weighted by molar-refractivity contribution is -0.150. The van der Waals surface area contributed by atoms with E-state index in [4.69, 9.17) is 21.7 Å². The Morgan fingerprint density at radius 1 is 1.25 bits per heavy atom. The molecule has 0 radical (unpaired) electrons. The van der Waals surface area contributed by atoms with Gasteiger partial charge in [-0.25, -0.2) is 4.79 Å². The fraction of sp³-hybridized carbons (Fsp3) is 0.333. The minimum Gasteiger partial charge on any atom is -0.482 e. The number of ether oxygens (including phenoxy) is 2. The van der Waals surface area contributed by atoms with Crippen LogP contribution in [0.2, 0.25) is 0 Å². The van der Waals surface area contributed by atoms with Crippen LogP contribution in [0.3, 0.4) is 0 Å². The minimum atomic E-state index is -0.638. The second-order valence-electron chi connectivity index (χ2n) is 4.71. The molecule has 1 fully saturated rings. The molecule has 0 bridgehead atoms. The Morgan fingerprint density at radius 2 is 2.00 bits per heavy atom. The number of nitrogens with zero attached hydrogens (tertiary/aromatic N) is 1. The molecule has 1 saturated heterocycles. The molecule has 1 heterocycles. The SMILES string of the molecule is O=C(COC(=O)COc1ccccc1)NCCN1C(=O)CSC1=S. The largest absolute Gasteiger partial charge is 0.482 e. The maximum Gasteiger partial charge on any atom is 0.344 e. The number of thiocarbonyl (C=S) groups is 1. The smallest absolute Gasteiger partial charge is 0.344 e. The van der Waals surface area contributed by atoms with E-state index in [0.29, 0.717) is 22.4 Å². The predicted octanol–water partition coefficient (Wildman–Crippen LogP) is 0.585. The number of amides is 2. The molecule has 0 atom stereocenters. The van der Waals surface area contributed by atoms with Crippen molar-refractivity contribution < 1.29 is 23.9 Å². The molecule has 1 aromatic rings. The van der Waals surface area contributed by atoms with E-state index < -0.39 is 18.5 Å². The van der Waals surface area contributed by atoms with Gasteiger partial charge in [0.25, 0.3) is 5.91 Å². The number of thioether (sulfide) groups is 1. The number of rotatable bonds is 8. The summed E-state index contributed by atoms with van der Waals surface area (Å²) in [6, 6.07) is 8.81. The summed E-state index contributed by atoms with van der Waals surface area (Å²) >= 11 is 6.33. The van der Waals surface area contributed by atoms with Crippen molar-refractivity contribution in [3.05, 3.63) is 30.3 Å². The normalized spacial score (nSPS) is 13.8. The summed E-state index contributed by atoms with van der Waals surface area (Å²) in [4.78, 5) is 36.0. The van der Waals surface area contributed by atoms with E-state index in [2.05, 4.69) is 5.32 Å². The summed E-state index contributed by atoms with van der Waals surface area (Å²) in [5, 5.41) is 2.56. The van der Waals surface area contributed by atoms with E-state index in [-0.39, 0.29) is 19.1 Å². The van der Waals surface area contributed by atoms with Gasteiger partial charge in [0.05, 0.1) is 5.75 Å². The van der Waals surface area contributed by atoms with E-state index in [1.807, 2.05) is 6.07 Å². The number of hydrogen-bond donors (Lipinski definition) is 1. The number of carbonyl (C=O) groups is 3. The van der Waals surface area contributed by atoms with Crippen LogP contribution in [-0.2, 0) is 19.1 Å². The van der Waals surface area contributed by atoms with Crippen LogP contribution in [0.1, 0.15) is 0 Å². The molecule has 1 aromatic carbocycles. The highest BCUT2D eigenvalue weighted by atomic mass is 32.2. The molecular weight excluding hydrogens is 352 g/mol. The van der Waals surface area contributed by atoms with Crippen molar-refractivity contribution in [3.63, 3.8) is 0 Å². The third-order valence-electron chi connectivity index (χ3n) is 2.96. The molecule has 0 spiro atoms. The van der Waals surface area contributed by atoms with Gasteiger partial charge in [-0.15, -0.1) is 0 Å². The summed E-state index contributed by atoms with van der Waals surface area (Å²) in [6.45, 7) is -0.125. The van der Waals surface area contributed by atoms with Gasteiger partial charge in [0.1, 0.15) is 10.1 Å². The lowest BCUT2D eigenvalue weighted by atomic mass is 10.3. The van der Waals surface area contributed by atoms with E-state index in [1.54, 1.807) is 24.3 Å². The second-order valence-corrected chi connectivity index (χ2v) is 6.32. The maximum absolute atomic E-state index is 11.6. The molecule has 2 amide bonds. The molecule has 1 aliphatic heterocycles. The standard InChI is InChI=1S/C15H16N2O5S2/c18-12(16-6-7-17-13(19)10-24-15(17)23)8-22-14(20)9-21-11-4-2-1-3-5-11/h1-5H,6-10H2,(H,16,18). The van der Waals surface area contributed by atoms with Crippen molar-refractivity contribution in [2.45, 2.75) is 0 Å². The summed E-state index contributed by atoms with van der Waals surface area (Å²) in [7, 11) is 0. The molecular formula is C15H16N2O5S2. The molecule has 128 valence electrons. The molecule has 0 aliphatic carbocycles. The second kappa shape index (κ2) is 9.24. The van der Waals surface area contributed by atoms with Crippen LogP contribution in [-0.4, -0.2) is 59.1 Å². The van der Waals surface area contributed by atoms with Crippen LogP contribution < -0.4 is 10.1 Å². The minimum absolute atomic E-state index is 0.0660. The van der Waals surface area contributed by atoms with E-state index >= 15 is 0 Å². The Balaban J connectivity index is 1.58. The highest BCUT2D eigenvalue weighted by Gasteiger charge is 2.25. The van der Waals surface area contributed by atoms with Gasteiger partial charge in [0.15, 0.2) is 13.2 Å². The average molecular weight is 368 g/mol. The van der Waals surface area contributed by atoms with Crippen LogP contribution in [0.5, 0.6) is 5.75 Å². The van der Waals surface area contributed by atoms with Crippen molar-refractivity contribution >= 4 is 46.1 Å². The lowest BCUT2D eigenvalue weighted by Gasteiger charge is -2.15.